The molecular formula is C8H15O4P. The summed E-state index contributed by atoms with van der Waals surface area (Å²) in [4.78, 5) is 0. The standard InChI is InChI=1S/C8H15O4P/c1-7-5-4-6-8(7)12-13(9,10-2)11-3/h8H,1,4-6H2,2-3H3. The second-order valence-corrected chi connectivity index (χ2v) is 4.79. The van der Waals surface area contributed by atoms with Crippen molar-refractivity contribution in [2.24, 2.45) is 0 Å². The largest absolute Gasteiger partial charge is 0.474 e. The van der Waals surface area contributed by atoms with Crippen molar-refractivity contribution in [3.05, 3.63) is 12.2 Å². The Bertz CT molecular complexity index is 230. The summed E-state index contributed by atoms with van der Waals surface area (Å²) in [7, 11) is -0.713. The predicted octanol–water partition coefficient (Wildman–Crippen LogP) is 2.51. The maximum absolute atomic E-state index is 11.5. The van der Waals surface area contributed by atoms with E-state index < -0.39 is 7.82 Å². The molecule has 13 heavy (non-hydrogen) atoms. The molecule has 1 aliphatic carbocycles. The molecule has 0 N–H and O–H groups in total. The van der Waals surface area contributed by atoms with Crippen molar-refractivity contribution < 1.29 is 18.1 Å². The van der Waals surface area contributed by atoms with Crippen molar-refractivity contribution in [2.75, 3.05) is 14.2 Å². The average Bonchev–Trinajstić information content (AvgIpc) is 2.52. The minimum absolute atomic E-state index is 0.175. The van der Waals surface area contributed by atoms with Crippen molar-refractivity contribution in [3.63, 3.8) is 0 Å². The Morgan fingerprint density at radius 3 is 2.46 bits per heavy atom. The fourth-order valence-corrected chi connectivity index (χ4v) is 2.21. The van der Waals surface area contributed by atoms with Gasteiger partial charge in [-0.25, -0.2) is 4.57 Å². The molecule has 1 aliphatic rings. The number of phosphoric ester groups is 1. The molecule has 0 bridgehead atoms. The van der Waals surface area contributed by atoms with Gasteiger partial charge in [0.05, 0.1) is 6.10 Å². The smallest absolute Gasteiger partial charge is 0.290 e. The molecule has 0 heterocycles. The van der Waals surface area contributed by atoms with E-state index in [4.69, 9.17) is 4.52 Å². The zero-order valence-electron chi connectivity index (χ0n) is 7.99. The van der Waals surface area contributed by atoms with Gasteiger partial charge in [0.25, 0.3) is 0 Å². The van der Waals surface area contributed by atoms with Gasteiger partial charge in [0.1, 0.15) is 0 Å². The molecule has 76 valence electrons. The van der Waals surface area contributed by atoms with E-state index in [9.17, 15) is 4.57 Å². The van der Waals surface area contributed by atoms with Crippen LogP contribution in [0.25, 0.3) is 0 Å². The molecule has 1 fully saturated rings. The first-order valence-corrected chi connectivity index (χ1v) is 5.65. The first kappa shape index (κ1) is 10.9. The summed E-state index contributed by atoms with van der Waals surface area (Å²) in [5, 5.41) is 0. The van der Waals surface area contributed by atoms with Crippen LogP contribution in [-0.4, -0.2) is 20.3 Å². The molecule has 1 atom stereocenters. The lowest BCUT2D eigenvalue weighted by atomic mass is 10.2. The molecular weight excluding hydrogens is 191 g/mol. The van der Waals surface area contributed by atoms with Crippen molar-refractivity contribution in [1.82, 2.24) is 0 Å². The monoisotopic (exact) mass is 206 g/mol. The molecule has 0 radical (unpaired) electrons. The van der Waals surface area contributed by atoms with Crippen LogP contribution in [0.15, 0.2) is 12.2 Å². The summed E-state index contributed by atoms with van der Waals surface area (Å²) in [5.74, 6) is 0. The van der Waals surface area contributed by atoms with Gasteiger partial charge >= 0.3 is 7.82 Å². The topological polar surface area (TPSA) is 44.8 Å². The lowest BCUT2D eigenvalue weighted by Crippen LogP contribution is -2.09. The van der Waals surface area contributed by atoms with Gasteiger partial charge in [-0.15, -0.1) is 0 Å². The number of hydrogen-bond acceptors (Lipinski definition) is 4. The van der Waals surface area contributed by atoms with Crippen LogP contribution >= 0.6 is 7.82 Å². The molecule has 5 heteroatoms. The first-order chi connectivity index (χ1) is 6.11. The molecule has 0 spiro atoms. The van der Waals surface area contributed by atoms with Gasteiger partial charge in [0.15, 0.2) is 0 Å². The third kappa shape index (κ3) is 2.64. The van der Waals surface area contributed by atoms with Gasteiger partial charge in [-0.1, -0.05) is 6.58 Å². The van der Waals surface area contributed by atoms with E-state index in [2.05, 4.69) is 15.6 Å². The van der Waals surface area contributed by atoms with Crippen molar-refractivity contribution in [1.29, 1.82) is 0 Å². The van der Waals surface area contributed by atoms with Gasteiger partial charge in [-0.2, -0.15) is 0 Å². The minimum atomic E-state index is -3.33. The lowest BCUT2D eigenvalue weighted by Gasteiger charge is -2.18. The van der Waals surface area contributed by atoms with Crippen LogP contribution < -0.4 is 0 Å². The van der Waals surface area contributed by atoms with Crippen LogP contribution in [0, 0.1) is 0 Å². The molecule has 0 aromatic carbocycles. The zero-order chi connectivity index (χ0) is 9.90. The van der Waals surface area contributed by atoms with Crippen LogP contribution in [0.4, 0.5) is 0 Å². The second-order valence-electron chi connectivity index (χ2n) is 2.96. The molecule has 0 amide bonds. The molecule has 1 rings (SSSR count). The van der Waals surface area contributed by atoms with E-state index in [1.165, 1.54) is 14.2 Å². The molecule has 1 unspecified atom stereocenters. The molecule has 4 nitrogen and oxygen atoms in total. The van der Waals surface area contributed by atoms with Gasteiger partial charge in [-0.3, -0.25) is 13.6 Å². The Morgan fingerprint density at radius 1 is 1.46 bits per heavy atom. The highest BCUT2D eigenvalue weighted by Gasteiger charge is 2.31. The number of hydrogen-bond donors (Lipinski definition) is 0. The summed E-state index contributed by atoms with van der Waals surface area (Å²) in [6.45, 7) is 3.83. The molecule has 0 saturated heterocycles. The molecule has 0 aromatic heterocycles. The van der Waals surface area contributed by atoms with Crippen molar-refractivity contribution in [2.45, 2.75) is 25.4 Å². The predicted molar refractivity (Wildman–Crippen MR) is 49.5 cm³/mol. The maximum atomic E-state index is 11.5. The van der Waals surface area contributed by atoms with Crippen LogP contribution in [0.3, 0.4) is 0 Å². The van der Waals surface area contributed by atoms with E-state index in [1.54, 1.807) is 0 Å². The van der Waals surface area contributed by atoms with E-state index in [-0.39, 0.29) is 6.10 Å². The average molecular weight is 206 g/mol. The summed E-state index contributed by atoms with van der Waals surface area (Å²) < 4.78 is 26.1. The van der Waals surface area contributed by atoms with Gasteiger partial charge in [-0.05, 0) is 24.8 Å². The van der Waals surface area contributed by atoms with Gasteiger partial charge in [0.2, 0.25) is 0 Å². The normalized spacial score (nSPS) is 23.8. The SMILES string of the molecule is C=C1CCCC1OP(=O)(OC)OC. The Hall–Kier alpha value is -0.150. The quantitative estimate of drug-likeness (QED) is 0.523. The summed E-state index contributed by atoms with van der Waals surface area (Å²) in [5.41, 5.74) is 0.967. The Morgan fingerprint density at radius 2 is 2.08 bits per heavy atom. The highest BCUT2D eigenvalue weighted by Crippen LogP contribution is 2.51. The Kier molecular flexibility index (Phi) is 3.68. The van der Waals surface area contributed by atoms with Crippen LogP contribution in [0.2, 0.25) is 0 Å². The summed E-state index contributed by atoms with van der Waals surface area (Å²) in [6, 6.07) is 0. The summed E-state index contributed by atoms with van der Waals surface area (Å²) in [6.07, 6.45) is 2.62. The first-order valence-electron chi connectivity index (χ1n) is 4.19. The third-order valence-electron chi connectivity index (χ3n) is 2.12. The van der Waals surface area contributed by atoms with Crippen LogP contribution in [0.1, 0.15) is 19.3 Å². The fourth-order valence-electron chi connectivity index (χ4n) is 1.32. The number of rotatable bonds is 4. The van der Waals surface area contributed by atoms with Crippen LogP contribution in [-0.2, 0) is 18.1 Å². The van der Waals surface area contributed by atoms with E-state index in [0.29, 0.717) is 0 Å². The maximum Gasteiger partial charge on any atom is 0.474 e. The Balaban J connectivity index is 2.56. The van der Waals surface area contributed by atoms with Gasteiger partial charge in [0, 0.05) is 14.2 Å². The van der Waals surface area contributed by atoms with Crippen molar-refractivity contribution in [3.8, 4) is 0 Å². The van der Waals surface area contributed by atoms with Crippen molar-refractivity contribution >= 4 is 7.82 Å². The Labute approximate surface area is 78.5 Å². The van der Waals surface area contributed by atoms with Crippen LogP contribution in [0.5, 0.6) is 0 Å². The molecule has 0 aromatic rings. The minimum Gasteiger partial charge on any atom is -0.290 e. The molecule has 1 saturated carbocycles. The fraction of sp³-hybridized carbons (Fsp3) is 0.750. The lowest BCUT2D eigenvalue weighted by molar-refractivity contribution is 0.124. The van der Waals surface area contributed by atoms with E-state index >= 15 is 0 Å². The molecule has 0 aliphatic heterocycles. The number of phosphoric acid groups is 1. The van der Waals surface area contributed by atoms with E-state index in [0.717, 1.165) is 24.8 Å². The zero-order valence-corrected chi connectivity index (χ0v) is 8.88. The van der Waals surface area contributed by atoms with E-state index in [1.807, 2.05) is 0 Å². The third-order valence-corrected chi connectivity index (χ3v) is 3.53. The second kappa shape index (κ2) is 4.38. The highest BCUT2D eigenvalue weighted by molar-refractivity contribution is 7.48. The summed E-state index contributed by atoms with van der Waals surface area (Å²) >= 11 is 0. The highest BCUT2D eigenvalue weighted by atomic mass is 31.2. The van der Waals surface area contributed by atoms with Gasteiger partial charge < -0.3 is 0 Å².